The number of nitriles is 1. The summed E-state index contributed by atoms with van der Waals surface area (Å²) in [5.74, 6) is -0.0500. The van der Waals surface area contributed by atoms with Crippen molar-refractivity contribution in [2.24, 2.45) is 0 Å². The first-order valence-corrected chi connectivity index (χ1v) is 11.3. The Morgan fingerprint density at radius 2 is 1.97 bits per heavy atom. The summed E-state index contributed by atoms with van der Waals surface area (Å²) in [7, 11) is 3.56. The lowest BCUT2D eigenvalue weighted by Crippen LogP contribution is -2.61. The molecule has 0 unspecified atom stereocenters. The molecule has 0 N–H and O–H groups in total. The van der Waals surface area contributed by atoms with E-state index in [0.717, 1.165) is 54.2 Å². The molecule has 8 heteroatoms. The third-order valence-corrected chi connectivity index (χ3v) is 7.10. The van der Waals surface area contributed by atoms with Gasteiger partial charge in [0.25, 0.3) is 0 Å². The average molecular weight is 457 g/mol. The number of amides is 1. The van der Waals surface area contributed by atoms with Crippen LogP contribution in [0.3, 0.4) is 0 Å². The van der Waals surface area contributed by atoms with Crippen molar-refractivity contribution in [2.75, 3.05) is 50.1 Å². The second kappa shape index (κ2) is 8.19. The molecular formula is C26H28N6O2. The van der Waals surface area contributed by atoms with Gasteiger partial charge in [0.05, 0.1) is 40.8 Å². The number of rotatable bonds is 6. The van der Waals surface area contributed by atoms with E-state index in [-0.39, 0.29) is 17.6 Å². The van der Waals surface area contributed by atoms with Gasteiger partial charge in [0.1, 0.15) is 6.07 Å². The SMILES string of the molecule is C=CC(=O)N(C)C1CN(c2ccc(-c3cc(N4CC(C)(OC)C4)cn4ncc(C#N)c34)cc2)C1. The fraction of sp³-hybridized carbons (Fsp3) is 0.346. The van der Waals surface area contributed by atoms with Crippen LogP contribution in [-0.4, -0.2) is 72.4 Å². The number of likely N-dealkylation sites (N-methyl/N-ethyl adjacent to an activating group) is 1. The summed E-state index contributed by atoms with van der Waals surface area (Å²) in [6, 6.07) is 13.0. The minimum atomic E-state index is -0.141. The fourth-order valence-corrected chi connectivity index (χ4v) is 4.74. The Bertz CT molecular complexity index is 1290. The minimum absolute atomic E-state index is 0.0500. The smallest absolute Gasteiger partial charge is 0.246 e. The molecule has 34 heavy (non-hydrogen) atoms. The van der Waals surface area contributed by atoms with Gasteiger partial charge in [-0.1, -0.05) is 18.7 Å². The van der Waals surface area contributed by atoms with Gasteiger partial charge in [0, 0.05) is 51.6 Å². The molecule has 4 heterocycles. The van der Waals surface area contributed by atoms with Crippen LogP contribution in [0.4, 0.5) is 11.4 Å². The number of ether oxygens (including phenoxy) is 1. The van der Waals surface area contributed by atoms with Crippen molar-refractivity contribution in [3.63, 3.8) is 0 Å². The molecule has 0 aliphatic carbocycles. The van der Waals surface area contributed by atoms with Crippen molar-refractivity contribution in [1.29, 1.82) is 5.26 Å². The maximum absolute atomic E-state index is 11.8. The van der Waals surface area contributed by atoms with Crippen LogP contribution in [0.1, 0.15) is 12.5 Å². The van der Waals surface area contributed by atoms with Crippen LogP contribution in [0.5, 0.6) is 0 Å². The Balaban J connectivity index is 1.41. The molecule has 2 saturated heterocycles. The minimum Gasteiger partial charge on any atom is -0.375 e. The van der Waals surface area contributed by atoms with Crippen LogP contribution in [0.25, 0.3) is 16.6 Å². The van der Waals surface area contributed by atoms with E-state index >= 15 is 0 Å². The highest BCUT2D eigenvalue weighted by atomic mass is 16.5. The normalized spacial score (nSPS) is 17.1. The molecule has 1 aromatic carbocycles. The summed E-state index contributed by atoms with van der Waals surface area (Å²) in [6.07, 6.45) is 4.95. The van der Waals surface area contributed by atoms with E-state index in [1.54, 1.807) is 22.7 Å². The van der Waals surface area contributed by atoms with Crippen LogP contribution in [0.2, 0.25) is 0 Å². The van der Waals surface area contributed by atoms with Gasteiger partial charge in [0.15, 0.2) is 0 Å². The van der Waals surface area contributed by atoms with E-state index in [9.17, 15) is 10.1 Å². The summed E-state index contributed by atoms with van der Waals surface area (Å²) in [5.41, 5.74) is 5.38. The van der Waals surface area contributed by atoms with E-state index in [1.165, 1.54) is 6.08 Å². The van der Waals surface area contributed by atoms with Crippen molar-refractivity contribution < 1.29 is 9.53 Å². The van der Waals surface area contributed by atoms with Crippen LogP contribution >= 0.6 is 0 Å². The molecular weight excluding hydrogens is 428 g/mol. The van der Waals surface area contributed by atoms with Gasteiger partial charge >= 0.3 is 0 Å². The first kappa shape index (κ1) is 22.0. The van der Waals surface area contributed by atoms with E-state index < -0.39 is 0 Å². The number of hydrogen-bond donors (Lipinski definition) is 0. The number of nitrogens with zero attached hydrogens (tertiary/aromatic N) is 6. The number of pyridine rings is 1. The first-order chi connectivity index (χ1) is 16.4. The quantitative estimate of drug-likeness (QED) is 0.531. The van der Waals surface area contributed by atoms with Gasteiger partial charge in [-0.2, -0.15) is 10.4 Å². The maximum Gasteiger partial charge on any atom is 0.246 e. The van der Waals surface area contributed by atoms with Crippen LogP contribution in [-0.2, 0) is 9.53 Å². The predicted molar refractivity (Wildman–Crippen MR) is 132 cm³/mol. The van der Waals surface area contributed by atoms with E-state index in [4.69, 9.17) is 4.74 Å². The number of anilines is 2. The Kier molecular flexibility index (Phi) is 5.29. The lowest BCUT2D eigenvalue weighted by atomic mass is 9.95. The molecule has 0 radical (unpaired) electrons. The Labute approximate surface area is 199 Å². The van der Waals surface area contributed by atoms with Gasteiger partial charge in [-0.3, -0.25) is 4.79 Å². The number of carbonyl (C=O) groups excluding carboxylic acids is 1. The molecule has 0 spiro atoms. The van der Waals surface area contributed by atoms with E-state index in [2.05, 4.69) is 64.8 Å². The lowest BCUT2D eigenvalue weighted by molar-refractivity contribution is -0.127. The monoisotopic (exact) mass is 456 g/mol. The van der Waals surface area contributed by atoms with Gasteiger partial charge in [-0.05, 0) is 36.8 Å². The zero-order valence-corrected chi connectivity index (χ0v) is 19.7. The molecule has 0 bridgehead atoms. The van der Waals surface area contributed by atoms with Crippen molar-refractivity contribution in [1.82, 2.24) is 14.5 Å². The molecule has 2 fully saturated rings. The number of methoxy groups -OCH3 is 1. The first-order valence-electron chi connectivity index (χ1n) is 11.3. The second-order valence-corrected chi connectivity index (χ2v) is 9.34. The maximum atomic E-state index is 11.8. The zero-order chi connectivity index (χ0) is 24.0. The number of fused-ring (bicyclic) bond motifs is 1. The van der Waals surface area contributed by atoms with Crippen LogP contribution in [0, 0.1) is 11.3 Å². The van der Waals surface area contributed by atoms with E-state index in [1.807, 2.05) is 13.2 Å². The molecule has 0 saturated carbocycles. The predicted octanol–water partition coefficient (Wildman–Crippen LogP) is 2.93. The number of carbonyl (C=O) groups is 1. The Morgan fingerprint density at radius 1 is 1.26 bits per heavy atom. The van der Waals surface area contributed by atoms with Gasteiger partial charge in [-0.25, -0.2) is 4.52 Å². The molecule has 2 aliphatic heterocycles. The van der Waals surface area contributed by atoms with Crippen LogP contribution < -0.4 is 9.80 Å². The van der Waals surface area contributed by atoms with Crippen LogP contribution in [0.15, 0.2) is 55.4 Å². The van der Waals surface area contributed by atoms with Gasteiger partial charge in [-0.15, -0.1) is 0 Å². The summed E-state index contributed by atoms with van der Waals surface area (Å²) in [4.78, 5) is 18.1. The van der Waals surface area contributed by atoms with Crippen molar-refractivity contribution in [3.05, 3.63) is 60.9 Å². The summed E-state index contributed by atoms with van der Waals surface area (Å²) in [6.45, 7) is 8.87. The lowest BCUT2D eigenvalue weighted by Gasteiger charge is -2.48. The molecule has 2 aromatic heterocycles. The van der Waals surface area contributed by atoms with E-state index in [0.29, 0.717) is 5.56 Å². The Morgan fingerprint density at radius 3 is 2.59 bits per heavy atom. The van der Waals surface area contributed by atoms with Crippen molar-refractivity contribution in [3.8, 4) is 17.2 Å². The highest BCUT2D eigenvalue weighted by Crippen LogP contribution is 2.36. The number of benzene rings is 1. The van der Waals surface area contributed by atoms with Gasteiger partial charge in [0.2, 0.25) is 5.91 Å². The molecule has 8 nitrogen and oxygen atoms in total. The molecule has 174 valence electrons. The topological polar surface area (TPSA) is 77.1 Å². The molecule has 5 rings (SSSR count). The van der Waals surface area contributed by atoms with Gasteiger partial charge < -0.3 is 19.4 Å². The molecule has 0 atom stereocenters. The second-order valence-electron chi connectivity index (χ2n) is 9.34. The molecule has 3 aromatic rings. The highest BCUT2D eigenvalue weighted by molar-refractivity contribution is 5.88. The summed E-state index contributed by atoms with van der Waals surface area (Å²) >= 11 is 0. The Hall–Kier alpha value is -3.83. The fourth-order valence-electron chi connectivity index (χ4n) is 4.74. The third-order valence-electron chi connectivity index (χ3n) is 7.10. The average Bonchev–Trinajstić information content (AvgIpc) is 3.23. The largest absolute Gasteiger partial charge is 0.375 e. The molecule has 2 aliphatic rings. The summed E-state index contributed by atoms with van der Waals surface area (Å²) in [5, 5.41) is 14.1. The zero-order valence-electron chi connectivity index (χ0n) is 19.7. The number of hydrogen-bond acceptors (Lipinski definition) is 6. The highest BCUT2D eigenvalue weighted by Gasteiger charge is 2.39. The summed E-state index contributed by atoms with van der Waals surface area (Å²) < 4.78 is 7.40. The third kappa shape index (κ3) is 3.58. The van der Waals surface area contributed by atoms with Crippen molar-refractivity contribution in [2.45, 2.75) is 18.6 Å². The number of aromatic nitrogens is 2. The molecule has 1 amide bonds. The standard InChI is InChI=1S/C26H28N6O2/c1-5-24(33)29(3)22-13-30(14-22)20-8-6-18(7-9-20)23-10-21(31-16-26(2,17-31)34-4)15-32-25(23)19(11-27)12-28-32/h5-10,12,15,22H,1,13-14,16-17H2,2-4H3. The van der Waals surface area contributed by atoms with Crippen molar-refractivity contribution >= 4 is 22.8 Å².